The molecule has 2 amide bonds. The van der Waals surface area contributed by atoms with Gasteiger partial charge in [0.2, 0.25) is 0 Å². The highest BCUT2D eigenvalue weighted by Crippen LogP contribution is 2.41. The average Bonchev–Trinajstić information content (AvgIpc) is 3.29. The number of carbonyl (C=O) groups is 1. The highest BCUT2D eigenvalue weighted by molar-refractivity contribution is 5.75. The van der Waals surface area contributed by atoms with Crippen LogP contribution in [-0.2, 0) is 4.74 Å². The van der Waals surface area contributed by atoms with Crippen molar-refractivity contribution in [2.75, 3.05) is 19.8 Å². The number of nitrogens with one attached hydrogen (secondary N) is 1. The van der Waals surface area contributed by atoms with E-state index in [-0.39, 0.29) is 18.1 Å². The van der Waals surface area contributed by atoms with Crippen LogP contribution in [0.1, 0.15) is 42.9 Å². The van der Waals surface area contributed by atoms with Gasteiger partial charge >= 0.3 is 6.03 Å². The van der Waals surface area contributed by atoms with Crippen molar-refractivity contribution in [2.45, 2.75) is 44.7 Å². The fourth-order valence-electron chi connectivity index (χ4n) is 4.04. The maximum atomic E-state index is 12.9. The van der Waals surface area contributed by atoms with Crippen molar-refractivity contribution in [3.8, 4) is 0 Å². The maximum absolute atomic E-state index is 12.9. The fraction of sp³-hybridized carbons (Fsp3) is 0.632. The number of nitrogens with zero attached hydrogens (tertiary/aromatic N) is 1. The summed E-state index contributed by atoms with van der Waals surface area (Å²) in [6.45, 7) is 4.49. The molecule has 3 aliphatic rings. The van der Waals surface area contributed by atoms with Crippen LogP contribution in [0.2, 0.25) is 0 Å². The first-order chi connectivity index (χ1) is 11.2. The Hall–Kier alpha value is -1.55. The van der Waals surface area contributed by atoms with Crippen molar-refractivity contribution in [1.29, 1.82) is 0 Å². The van der Waals surface area contributed by atoms with E-state index >= 15 is 0 Å². The summed E-state index contributed by atoms with van der Waals surface area (Å²) in [5.74, 6) is 1.13. The number of carbonyl (C=O) groups excluding carboxylic acids is 1. The standard InChI is InChI=1S/C19H26N2O2/c1-13-4-6-14(7-5-13)18(15-8-9-15)20-19(22)21-10-2-3-16-11-23-12-17(16)21/h4-7,15-18H,2-3,8-12H2,1H3,(H,20,22)/t16-,17+,18-/m0/s1. The largest absolute Gasteiger partial charge is 0.379 e. The zero-order chi connectivity index (χ0) is 15.8. The van der Waals surface area contributed by atoms with Crippen LogP contribution in [0.15, 0.2) is 24.3 Å². The molecule has 0 radical (unpaired) electrons. The van der Waals surface area contributed by atoms with Crippen LogP contribution in [0.5, 0.6) is 0 Å². The van der Waals surface area contributed by atoms with E-state index < -0.39 is 0 Å². The lowest BCUT2D eigenvalue weighted by Crippen LogP contribution is -2.52. The summed E-state index contributed by atoms with van der Waals surface area (Å²) in [6.07, 6.45) is 4.72. The molecule has 3 atom stereocenters. The Kier molecular flexibility index (Phi) is 4.02. The van der Waals surface area contributed by atoms with Gasteiger partial charge in [-0.25, -0.2) is 4.79 Å². The minimum absolute atomic E-state index is 0.0997. The number of hydrogen-bond donors (Lipinski definition) is 1. The number of benzene rings is 1. The number of hydrogen-bond acceptors (Lipinski definition) is 2. The van der Waals surface area contributed by atoms with E-state index in [9.17, 15) is 4.79 Å². The van der Waals surface area contributed by atoms with Crippen LogP contribution in [-0.4, -0.2) is 36.7 Å². The summed E-state index contributed by atoms with van der Waals surface area (Å²) in [7, 11) is 0. The number of fused-ring (bicyclic) bond motifs is 1. The lowest BCUT2D eigenvalue weighted by Gasteiger charge is -2.37. The second-order valence-electron chi connectivity index (χ2n) is 7.38. The molecule has 124 valence electrons. The monoisotopic (exact) mass is 314 g/mol. The van der Waals surface area contributed by atoms with E-state index in [1.807, 2.05) is 4.90 Å². The predicted molar refractivity (Wildman–Crippen MR) is 89.2 cm³/mol. The van der Waals surface area contributed by atoms with Gasteiger partial charge in [0, 0.05) is 12.5 Å². The summed E-state index contributed by atoms with van der Waals surface area (Å²) in [4.78, 5) is 14.9. The number of rotatable bonds is 3. The molecular weight excluding hydrogens is 288 g/mol. The van der Waals surface area contributed by atoms with Crippen LogP contribution in [0.25, 0.3) is 0 Å². The van der Waals surface area contributed by atoms with Gasteiger partial charge in [-0.1, -0.05) is 29.8 Å². The van der Waals surface area contributed by atoms with E-state index in [1.165, 1.54) is 30.4 Å². The van der Waals surface area contributed by atoms with Gasteiger partial charge in [-0.3, -0.25) is 0 Å². The number of amides is 2. The Morgan fingerprint density at radius 2 is 2.00 bits per heavy atom. The summed E-state index contributed by atoms with van der Waals surface area (Å²) < 4.78 is 5.61. The lowest BCUT2D eigenvalue weighted by atomic mass is 9.92. The van der Waals surface area contributed by atoms with Gasteiger partial charge in [0.1, 0.15) is 0 Å². The molecule has 2 aliphatic heterocycles. The summed E-state index contributed by atoms with van der Waals surface area (Å²) in [5, 5.41) is 3.33. The third-order valence-corrected chi connectivity index (χ3v) is 5.61. The van der Waals surface area contributed by atoms with Gasteiger partial charge in [-0.05, 0) is 44.1 Å². The molecule has 2 saturated heterocycles. The maximum Gasteiger partial charge on any atom is 0.318 e. The molecule has 1 saturated carbocycles. The number of ether oxygens (including phenoxy) is 1. The molecule has 1 aromatic rings. The molecule has 4 heteroatoms. The van der Waals surface area contributed by atoms with E-state index in [4.69, 9.17) is 4.74 Å². The first-order valence-electron chi connectivity index (χ1n) is 8.94. The Morgan fingerprint density at radius 1 is 1.22 bits per heavy atom. The smallest absolute Gasteiger partial charge is 0.318 e. The van der Waals surface area contributed by atoms with Crippen molar-refractivity contribution in [1.82, 2.24) is 10.2 Å². The van der Waals surface area contributed by atoms with Crippen LogP contribution in [0.4, 0.5) is 4.79 Å². The zero-order valence-electron chi connectivity index (χ0n) is 13.8. The average molecular weight is 314 g/mol. The Balaban J connectivity index is 1.48. The molecule has 1 aliphatic carbocycles. The number of urea groups is 1. The molecule has 2 heterocycles. The topological polar surface area (TPSA) is 41.6 Å². The second-order valence-corrected chi connectivity index (χ2v) is 7.38. The molecule has 0 aromatic heterocycles. The van der Waals surface area contributed by atoms with Gasteiger partial charge in [-0.2, -0.15) is 0 Å². The normalized spacial score (nSPS) is 28.3. The van der Waals surface area contributed by atoms with Crippen molar-refractivity contribution in [3.05, 3.63) is 35.4 Å². The fourth-order valence-corrected chi connectivity index (χ4v) is 4.04. The van der Waals surface area contributed by atoms with Crippen molar-refractivity contribution in [3.63, 3.8) is 0 Å². The van der Waals surface area contributed by atoms with E-state index in [0.29, 0.717) is 18.4 Å². The third-order valence-electron chi connectivity index (χ3n) is 5.61. The van der Waals surface area contributed by atoms with Gasteiger partial charge in [0.25, 0.3) is 0 Å². The van der Waals surface area contributed by atoms with Crippen molar-refractivity contribution >= 4 is 6.03 Å². The highest BCUT2D eigenvalue weighted by atomic mass is 16.5. The number of piperidine rings is 1. The predicted octanol–water partition coefficient (Wildman–Crippen LogP) is 3.27. The molecule has 0 spiro atoms. The van der Waals surface area contributed by atoms with E-state index in [2.05, 4.69) is 36.5 Å². The van der Waals surface area contributed by atoms with Gasteiger partial charge in [0.05, 0.1) is 25.3 Å². The summed E-state index contributed by atoms with van der Waals surface area (Å²) >= 11 is 0. The molecule has 0 unspecified atom stereocenters. The SMILES string of the molecule is Cc1ccc([C@H](NC(=O)N2CCC[C@H]3COC[C@H]32)C2CC2)cc1. The molecule has 23 heavy (non-hydrogen) atoms. The van der Waals surface area contributed by atoms with Crippen LogP contribution in [0, 0.1) is 18.8 Å². The second kappa shape index (κ2) is 6.16. The van der Waals surface area contributed by atoms with Crippen molar-refractivity contribution in [2.24, 2.45) is 11.8 Å². The van der Waals surface area contributed by atoms with Gasteiger partial charge in [0.15, 0.2) is 0 Å². The minimum atomic E-state index is 0.0997. The Bertz CT molecular complexity index is 567. The van der Waals surface area contributed by atoms with E-state index in [0.717, 1.165) is 19.6 Å². The summed E-state index contributed by atoms with van der Waals surface area (Å²) in [6, 6.07) is 9.14. The molecule has 4 rings (SSSR count). The van der Waals surface area contributed by atoms with Crippen molar-refractivity contribution < 1.29 is 9.53 Å². The highest BCUT2D eigenvalue weighted by Gasteiger charge is 2.40. The lowest BCUT2D eigenvalue weighted by molar-refractivity contribution is 0.127. The number of likely N-dealkylation sites (tertiary alicyclic amines) is 1. The van der Waals surface area contributed by atoms with Gasteiger partial charge in [-0.15, -0.1) is 0 Å². The third kappa shape index (κ3) is 3.09. The zero-order valence-corrected chi connectivity index (χ0v) is 13.8. The van der Waals surface area contributed by atoms with Gasteiger partial charge < -0.3 is 15.0 Å². The van der Waals surface area contributed by atoms with E-state index in [1.54, 1.807) is 0 Å². The van der Waals surface area contributed by atoms with Crippen LogP contribution < -0.4 is 5.32 Å². The molecule has 0 bridgehead atoms. The Labute approximate surface area is 138 Å². The minimum Gasteiger partial charge on any atom is -0.379 e. The molecular formula is C19H26N2O2. The molecule has 1 aromatic carbocycles. The molecule has 1 N–H and O–H groups in total. The first kappa shape index (κ1) is 15.0. The summed E-state index contributed by atoms with van der Waals surface area (Å²) in [5.41, 5.74) is 2.50. The molecule has 3 fully saturated rings. The van der Waals surface area contributed by atoms with Crippen LogP contribution >= 0.6 is 0 Å². The Morgan fingerprint density at radius 3 is 2.74 bits per heavy atom. The molecule has 4 nitrogen and oxygen atoms in total. The van der Waals surface area contributed by atoms with Crippen LogP contribution in [0.3, 0.4) is 0 Å². The first-order valence-corrected chi connectivity index (χ1v) is 8.94. The number of aryl methyl sites for hydroxylation is 1. The quantitative estimate of drug-likeness (QED) is 0.930.